The van der Waals surface area contributed by atoms with Gasteiger partial charge >= 0.3 is 0 Å². The van der Waals surface area contributed by atoms with Crippen molar-refractivity contribution in [2.75, 3.05) is 5.73 Å². The Morgan fingerprint density at radius 2 is 2.27 bits per heavy atom. The molecule has 0 radical (unpaired) electrons. The Labute approximate surface area is 86.6 Å². The quantitative estimate of drug-likeness (QED) is 0.758. The molecule has 0 aliphatic carbocycles. The van der Waals surface area contributed by atoms with Crippen molar-refractivity contribution in [2.24, 2.45) is 0 Å². The fourth-order valence-corrected chi connectivity index (χ4v) is 1.40. The smallest absolute Gasteiger partial charge is 0.146 e. The van der Waals surface area contributed by atoms with Gasteiger partial charge < -0.3 is 5.73 Å². The summed E-state index contributed by atoms with van der Waals surface area (Å²) in [5.41, 5.74) is 6.39. The molecule has 5 heteroatoms. The monoisotopic (exact) mass is 206 g/mol. The summed E-state index contributed by atoms with van der Waals surface area (Å²) in [6.45, 7) is 1.98. The van der Waals surface area contributed by atoms with E-state index >= 15 is 0 Å². The summed E-state index contributed by atoms with van der Waals surface area (Å²) in [4.78, 5) is 0. The Morgan fingerprint density at radius 1 is 1.47 bits per heavy atom. The average Bonchev–Trinajstić information content (AvgIpc) is 2.70. The summed E-state index contributed by atoms with van der Waals surface area (Å²) < 4.78 is 14.7. The van der Waals surface area contributed by atoms with Crippen LogP contribution in [0.2, 0.25) is 0 Å². The molecule has 15 heavy (non-hydrogen) atoms. The highest BCUT2D eigenvalue weighted by Crippen LogP contribution is 2.16. The van der Waals surface area contributed by atoms with Gasteiger partial charge in [-0.2, -0.15) is 0 Å². The van der Waals surface area contributed by atoms with Gasteiger partial charge in [-0.1, -0.05) is 6.92 Å². The third kappa shape index (κ3) is 1.68. The number of rotatable bonds is 2. The van der Waals surface area contributed by atoms with Crippen molar-refractivity contribution in [3.05, 3.63) is 36.2 Å². The van der Waals surface area contributed by atoms with E-state index in [2.05, 4.69) is 10.2 Å². The van der Waals surface area contributed by atoms with Gasteiger partial charge in [0.25, 0.3) is 0 Å². The first-order valence-electron chi connectivity index (χ1n) is 4.66. The number of nitrogens with zero attached hydrogens (tertiary/aromatic N) is 3. The largest absolute Gasteiger partial charge is 0.396 e. The van der Waals surface area contributed by atoms with Crippen molar-refractivity contribution in [1.29, 1.82) is 0 Å². The second-order valence-electron chi connectivity index (χ2n) is 3.18. The van der Waals surface area contributed by atoms with Gasteiger partial charge in [0.05, 0.1) is 11.4 Å². The molecule has 0 bridgehead atoms. The zero-order valence-electron chi connectivity index (χ0n) is 8.31. The van der Waals surface area contributed by atoms with Gasteiger partial charge in [0.1, 0.15) is 18.0 Å². The van der Waals surface area contributed by atoms with Gasteiger partial charge in [0.15, 0.2) is 0 Å². The predicted octanol–water partition coefficient (Wildman–Crippen LogP) is 1.55. The SMILES string of the molecule is CCc1nncn1-c1ccc(F)c(N)c1. The fraction of sp³-hybridized carbons (Fsp3) is 0.200. The van der Waals surface area contributed by atoms with Crippen LogP contribution in [0.5, 0.6) is 0 Å². The van der Waals surface area contributed by atoms with Gasteiger partial charge in [-0.25, -0.2) is 4.39 Å². The maximum atomic E-state index is 13.0. The number of benzene rings is 1. The average molecular weight is 206 g/mol. The van der Waals surface area contributed by atoms with E-state index in [4.69, 9.17) is 5.73 Å². The Bertz CT molecular complexity index is 478. The first-order chi connectivity index (χ1) is 7.22. The molecule has 2 N–H and O–H groups in total. The second-order valence-corrected chi connectivity index (χ2v) is 3.18. The third-order valence-corrected chi connectivity index (χ3v) is 2.19. The van der Waals surface area contributed by atoms with Crippen molar-refractivity contribution in [3.63, 3.8) is 0 Å². The first-order valence-corrected chi connectivity index (χ1v) is 4.66. The molecule has 4 nitrogen and oxygen atoms in total. The van der Waals surface area contributed by atoms with Gasteiger partial charge in [-0.3, -0.25) is 4.57 Å². The molecule has 0 aliphatic rings. The summed E-state index contributed by atoms with van der Waals surface area (Å²) in [6.07, 6.45) is 2.35. The second kappa shape index (κ2) is 3.68. The molecule has 2 aromatic rings. The van der Waals surface area contributed by atoms with Crippen LogP contribution >= 0.6 is 0 Å². The molecule has 0 saturated carbocycles. The van der Waals surface area contributed by atoms with Crippen LogP contribution in [0.3, 0.4) is 0 Å². The molecule has 1 aromatic heterocycles. The number of hydrogen-bond acceptors (Lipinski definition) is 3. The van der Waals surface area contributed by atoms with Gasteiger partial charge in [-0.05, 0) is 18.2 Å². The summed E-state index contributed by atoms with van der Waals surface area (Å²) >= 11 is 0. The maximum Gasteiger partial charge on any atom is 0.146 e. The standard InChI is InChI=1S/C10H11FN4/c1-2-10-14-13-6-15(10)7-3-4-8(11)9(12)5-7/h3-6H,2,12H2,1H3. The van der Waals surface area contributed by atoms with Crippen molar-refractivity contribution in [3.8, 4) is 5.69 Å². The number of hydrogen-bond donors (Lipinski definition) is 1. The van der Waals surface area contributed by atoms with Crippen LogP contribution in [0.1, 0.15) is 12.7 Å². The van der Waals surface area contributed by atoms with E-state index < -0.39 is 5.82 Å². The number of anilines is 1. The van der Waals surface area contributed by atoms with Crippen molar-refractivity contribution in [2.45, 2.75) is 13.3 Å². The van der Waals surface area contributed by atoms with E-state index in [1.807, 2.05) is 6.92 Å². The zero-order valence-corrected chi connectivity index (χ0v) is 8.31. The van der Waals surface area contributed by atoms with Crippen LogP contribution in [-0.4, -0.2) is 14.8 Å². The molecule has 1 aromatic carbocycles. The maximum absolute atomic E-state index is 13.0. The van der Waals surface area contributed by atoms with Crippen LogP contribution in [0.15, 0.2) is 24.5 Å². The number of aryl methyl sites for hydroxylation is 1. The van der Waals surface area contributed by atoms with Crippen molar-refractivity contribution in [1.82, 2.24) is 14.8 Å². The van der Waals surface area contributed by atoms with Gasteiger partial charge in [0, 0.05) is 6.42 Å². The summed E-state index contributed by atoms with van der Waals surface area (Å²) in [6, 6.07) is 4.55. The van der Waals surface area contributed by atoms with Gasteiger partial charge in [-0.15, -0.1) is 10.2 Å². The molecule has 0 fully saturated rings. The zero-order chi connectivity index (χ0) is 10.8. The Hall–Kier alpha value is -1.91. The molecule has 78 valence electrons. The molecule has 0 spiro atoms. The third-order valence-electron chi connectivity index (χ3n) is 2.19. The van der Waals surface area contributed by atoms with Crippen LogP contribution in [0.4, 0.5) is 10.1 Å². The Morgan fingerprint density at radius 3 is 2.93 bits per heavy atom. The van der Waals surface area contributed by atoms with E-state index in [1.165, 1.54) is 6.07 Å². The topological polar surface area (TPSA) is 56.7 Å². The van der Waals surface area contributed by atoms with Gasteiger partial charge in [0.2, 0.25) is 0 Å². The van der Waals surface area contributed by atoms with Crippen LogP contribution in [0.25, 0.3) is 5.69 Å². The molecule has 0 amide bonds. The molecule has 1 heterocycles. The summed E-state index contributed by atoms with van der Waals surface area (Å²) in [5.74, 6) is 0.408. The summed E-state index contributed by atoms with van der Waals surface area (Å²) in [5, 5.41) is 7.74. The van der Waals surface area contributed by atoms with E-state index in [9.17, 15) is 4.39 Å². The van der Waals surface area contributed by atoms with E-state index in [0.29, 0.717) is 0 Å². The van der Waals surface area contributed by atoms with Crippen molar-refractivity contribution >= 4 is 5.69 Å². The number of aromatic nitrogens is 3. The normalized spacial score (nSPS) is 10.5. The summed E-state index contributed by atoms with van der Waals surface area (Å²) in [7, 11) is 0. The highest BCUT2D eigenvalue weighted by molar-refractivity contribution is 5.49. The first kappa shape index (κ1) is 9.64. The lowest BCUT2D eigenvalue weighted by atomic mass is 10.2. The Balaban J connectivity index is 2.50. The fourth-order valence-electron chi connectivity index (χ4n) is 1.40. The molecule has 0 aliphatic heterocycles. The number of nitrogen functional groups attached to an aromatic ring is 1. The lowest BCUT2D eigenvalue weighted by Crippen LogP contribution is -2.00. The highest BCUT2D eigenvalue weighted by atomic mass is 19.1. The predicted molar refractivity (Wildman–Crippen MR) is 55.1 cm³/mol. The molecular formula is C10H11FN4. The van der Waals surface area contributed by atoms with E-state index in [1.54, 1.807) is 23.0 Å². The van der Waals surface area contributed by atoms with Crippen LogP contribution in [-0.2, 0) is 6.42 Å². The molecule has 2 rings (SSSR count). The number of nitrogens with two attached hydrogens (primary N) is 1. The minimum atomic E-state index is -0.412. The number of halogens is 1. The van der Waals surface area contributed by atoms with Crippen LogP contribution < -0.4 is 5.73 Å². The molecule has 0 unspecified atom stereocenters. The van der Waals surface area contributed by atoms with E-state index in [0.717, 1.165) is 17.9 Å². The van der Waals surface area contributed by atoms with E-state index in [-0.39, 0.29) is 5.69 Å². The minimum Gasteiger partial charge on any atom is -0.396 e. The van der Waals surface area contributed by atoms with Crippen molar-refractivity contribution < 1.29 is 4.39 Å². The van der Waals surface area contributed by atoms with Crippen LogP contribution in [0, 0.1) is 5.82 Å². The Kier molecular flexibility index (Phi) is 2.37. The molecule has 0 saturated heterocycles. The lowest BCUT2D eigenvalue weighted by molar-refractivity contribution is 0.632. The lowest BCUT2D eigenvalue weighted by Gasteiger charge is -2.06. The minimum absolute atomic E-state index is 0.128. The highest BCUT2D eigenvalue weighted by Gasteiger charge is 2.06. The molecular weight excluding hydrogens is 195 g/mol. The molecule has 0 atom stereocenters.